The first-order valence-corrected chi connectivity index (χ1v) is 6.80. The molecule has 0 saturated carbocycles. The van der Waals surface area contributed by atoms with Gasteiger partial charge in [-0.25, -0.2) is 0 Å². The fraction of sp³-hybridized carbons (Fsp3) is 0.800. The van der Waals surface area contributed by atoms with Crippen molar-refractivity contribution in [1.29, 1.82) is 0 Å². The summed E-state index contributed by atoms with van der Waals surface area (Å²) in [4.78, 5) is 14.0. The second-order valence-corrected chi connectivity index (χ2v) is 5.00. The third kappa shape index (κ3) is 4.38. The summed E-state index contributed by atoms with van der Waals surface area (Å²) in [5.74, 6) is 0.650. The Hall–Kier alpha value is -0.290. The van der Waals surface area contributed by atoms with Crippen molar-refractivity contribution in [3.63, 3.8) is 0 Å². The highest BCUT2D eigenvalue weighted by atomic mass is 32.2. The normalized spacial score (nSPS) is 14.4. The van der Waals surface area contributed by atoms with Gasteiger partial charge < -0.3 is 10.6 Å². The maximum atomic E-state index is 12.0. The van der Waals surface area contributed by atoms with E-state index < -0.39 is 0 Å². The molecule has 0 aliphatic heterocycles. The lowest BCUT2D eigenvalue weighted by Crippen LogP contribution is -2.43. The highest BCUT2D eigenvalue weighted by Crippen LogP contribution is 2.11. The van der Waals surface area contributed by atoms with Gasteiger partial charge in [0, 0.05) is 18.8 Å². The Bertz CT molecular complexity index is 233. The molecule has 0 aliphatic rings. The van der Waals surface area contributed by atoms with Crippen molar-refractivity contribution in [2.45, 2.75) is 26.3 Å². The summed E-state index contributed by atoms with van der Waals surface area (Å²) in [6.07, 6.45) is 2.70. The molecule has 5 heteroatoms. The van der Waals surface area contributed by atoms with Gasteiger partial charge in [0.2, 0.25) is 5.91 Å². The zero-order valence-electron chi connectivity index (χ0n) is 9.82. The Morgan fingerprint density at radius 2 is 2.13 bits per heavy atom. The van der Waals surface area contributed by atoms with Crippen LogP contribution in [0.2, 0.25) is 0 Å². The Morgan fingerprint density at radius 1 is 1.60 bits per heavy atom. The summed E-state index contributed by atoms with van der Waals surface area (Å²) >= 11 is 6.61. The molecule has 0 aromatic carbocycles. The Balaban J connectivity index is 4.47. The highest BCUT2D eigenvalue weighted by molar-refractivity contribution is 7.98. The van der Waals surface area contributed by atoms with Gasteiger partial charge in [-0.15, -0.1) is 0 Å². The van der Waals surface area contributed by atoms with Crippen LogP contribution in [0.5, 0.6) is 0 Å². The van der Waals surface area contributed by atoms with E-state index in [0.717, 1.165) is 5.75 Å². The first-order chi connectivity index (χ1) is 6.95. The molecule has 0 fully saturated rings. The number of rotatable bonds is 6. The molecular formula is C10H20N2OS2. The van der Waals surface area contributed by atoms with Crippen molar-refractivity contribution in [3.05, 3.63) is 0 Å². The van der Waals surface area contributed by atoms with Crippen LogP contribution in [0, 0.1) is 5.92 Å². The van der Waals surface area contributed by atoms with Gasteiger partial charge in [-0.3, -0.25) is 4.79 Å². The molecule has 2 unspecified atom stereocenters. The average Bonchev–Trinajstić information content (AvgIpc) is 2.17. The molecule has 0 spiro atoms. The highest BCUT2D eigenvalue weighted by Gasteiger charge is 2.25. The molecule has 0 rings (SSSR count). The Kier molecular flexibility index (Phi) is 6.92. The van der Waals surface area contributed by atoms with E-state index in [0.29, 0.717) is 11.4 Å². The van der Waals surface area contributed by atoms with Crippen LogP contribution in [-0.4, -0.2) is 40.9 Å². The molecule has 2 N–H and O–H groups in total. The van der Waals surface area contributed by atoms with Gasteiger partial charge in [-0.2, -0.15) is 11.8 Å². The number of carbonyl (C=O) groups excluding carboxylic acids is 1. The predicted octanol–water partition coefficient (Wildman–Crippen LogP) is 1.51. The van der Waals surface area contributed by atoms with Crippen molar-refractivity contribution in [2.24, 2.45) is 11.7 Å². The summed E-state index contributed by atoms with van der Waals surface area (Å²) in [5.41, 5.74) is 5.54. The molecule has 88 valence electrons. The quantitative estimate of drug-likeness (QED) is 0.724. The van der Waals surface area contributed by atoms with Crippen LogP contribution < -0.4 is 5.73 Å². The van der Waals surface area contributed by atoms with Gasteiger partial charge in [-0.1, -0.05) is 19.1 Å². The smallest absolute Gasteiger partial charge is 0.232 e. The molecule has 0 aromatic rings. The second kappa shape index (κ2) is 7.06. The van der Waals surface area contributed by atoms with Gasteiger partial charge >= 0.3 is 0 Å². The second-order valence-electron chi connectivity index (χ2n) is 3.62. The van der Waals surface area contributed by atoms with E-state index >= 15 is 0 Å². The first kappa shape index (κ1) is 14.7. The van der Waals surface area contributed by atoms with E-state index in [-0.39, 0.29) is 17.9 Å². The number of thiocarbonyl (C=S) groups is 1. The van der Waals surface area contributed by atoms with Crippen molar-refractivity contribution >= 4 is 34.9 Å². The summed E-state index contributed by atoms with van der Waals surface area (Å²) in [5, 5.41) is 0. The fourth-order valence-corrected chi connectivity index (χ4v) is 2.29. The third-order valence-electron chi connectivity index (χ3n) is 2.47. The SMILES string of the molecule is CCC(C(=O)N(C)C(C)CSC)C(N)=S. The molecule has 2 atom stereocenters. The lowest BCUT2D eigenvalue weighted by Gasteiger charge is -2.27. The van der Waals surface area contributed by atoms with E-state index in [2.05, 4.69) is 0 Å². The minimum atomic E-state index is -0.311. The summed E-state index contributed by atoms with van der Waals surface area (Å²) in [6.45, 7) is 3.95. The lowest BCUT2D eigenvalue weighted by molar-refractivity contribution is -0.133. The summed E-state index contributed by atoms with van der Waals surface area (Å²) < 4.78 is 0. The van der Waals surface area contributed by atoms with Crippen molar-refractivity contribution < 1.29 is 4.79 Å². The number of carbonyl (C=O) groups is 1. The van der Waals surface area contributed by atoms with Crippen LogP contribution in [-0.2, 0) is 4.79 Å². The molecule has 0 aliphatic carbocycles. The van der Waals surface area contributed by atoms with E-state index in [1.165, 1.54) is 0 Å². The van der Waals surface area contributed by atoms with Crippen LogP contribution in [0.3, 0.4) is 0 Å². The maximum absolute atomic E-state index is 12.0. The molecule has 0 heterocycles. The number of nitrogens with two attached hydrogens (primary N) is 1. The lowest BCUT2D eigenvalue weighted by atomic mass is 10.0. The molecule has 3 nitrogen and oxygen atoms in total. The zero-order valence-corrected chi connectivity index (χ0v) is 11.5. The minimum Gasteiger partial charge on any atom is -0.393 e. The Morgan fingerprint density at radius 3 is 2.47 bits per heavy atom. The summed E-state index contributed by atoms with van der Waals surface area (Å²) in [6, 6.07) is 0.218. The standard InChI is InChI=1S/C10H20N2OS2/c1-5-8(9(11)14)10(13)12(3)7(2)6-15-4/h7-8H,5-6H2,1-4H3,(H2,11,14). The third-order valence-corrected chi connectivity index (χ3v) is 3.57. The maximum Gasteiger partial charge on any atom is 0.232 e. The fourth-order valence-electron chi connectivity index (χ4n) is 1.31. The average molecular weight is 248 g/mol. The molecule has 0 saturated heterocycles. The number of nitrogens with zero attached hydrogens (tertiary/aromatic N) is 1. The molecule has 0 bridgehead atoms. The van der Waals surface area contributed by atoms with E-state index in [1.54, 1.807) is 16.7 Å². The predicted molar refractivity (Wildman–Crippen MR) is 71.2 cm³/mol. The van der Waals surface area contributed by atoms with Crippen LogP contribution in [0.15, 0.2) is 0 Å². The number of amides is 1. The Labute approximate surface area is 102 Å². The van der Waals surface area contributed by atoms with E-state index in [9.17, 15) is 4.79 Å². The summed E-state index contributed by atoms with van der Waals surface area (Å²) in [7, 11) is 1.81. The minimum absolute atomic E-state index is 0.0338. The van der Waals surface area contributed by atoms with Crippen LogP contribution in [0.1, 0.15) is 20.3 Å². The van der Waals surface area contributed by atoms with Crippen LogP contribution in [0.4, 0.5) is 0 Å². The molecule has 0 radical (unpaired) electrons. The number of thioether (sulfide) groups is 1. The van der Waals surface area contributed by atoms with Gasteiger partial charge in [0.1, 0.15) is 0 Å². The van der Waals surface area contributed by atoms with E-state index in [1.807, 2.05) is 27.2 Å². The van der Waals surface area contributed by atoms with Gasteiger partial charge in [0.25, 0.3) is 0 Å². The number of hydrogen-bond acceptors (Lipinski definition) is 3. The number of hydrogen-bond donors (Lipinski definition) is 1. The van der Waals surface area contributed by atoms with Crippen LogP contribution >= 0.6 is 24.0 Å². The molecular weight excluding hydrogens is 228 g/mol. The first-order valence-electron chi connectivity index (χ1n) is 5.00. The monoisotopic (exact) mass is 248 g/mol. The van der Waals surface area contributed by atoms with Gasteiger partial charge in [0.15, 0.2) is 0 Å². The molecule has 15 heavy (non-hydrogen) atoms. The topological polar surface area (TPSA) is 46.3 Å². The van der Waals surface area contributed by atoms with Crippen LogP contribution in [0.25, 0.3) is 0 Å². The molecule has 1 amide bonds. The van der Waals surface area contributed by atoms with Crippen molar-refractivity contribution in [1.82, 2.24) is 4.90 Å². The van der Waals surface area contributed by atoms with Crippen molar-refractivity contribution in [2.75, 3.05) is 19.1 Å². The largest absolute Gasteiger partial charge is 0.393 e. The van der Waals surface area contributed by atoms with Crippen molar-refractivity contribution in [3.8, 4) is 0 Å². The molecule has 0 aromatic heterocycles. The zero-order chi connectivity index (χ0) is 12.0. The van der Waals surface area contributed by atoms with E-state index in [4.69, 9.17) is 18.0 Å². The van der Waals surface area contributed by atoms with Gasteiger partial charge in [-0.05, 0) is 19.6 Å². The van der Waals surface area contributed by atoms with Gasteiger partial charge in [0.05, 0.1) is 10.9 Å².